The molecule has 3 aromatic rings. The molecule has 0 aliphatic heterocycles. The fourth-order valence-electron chi connectivity index (χ4n) is 3.03. The molecule has 0 radical (unpaired) electrons. The molecule has 0 heterocycles. The molecule has 0 atom stereocenters. The summed E-state index contributed by atoms with van der Waals surface area (Å²) in [5.41, 5.74) is -4.18. The van der Waals surface area contributed by atoms with Crippen molar-refractivity contribution in [3.8, 4) is 0 Å². The second-order valence-electron chi connectivity index (χ2n) is 7.12. The van der Waals surface area contributed by atoms with Gasteiger partial charge in [0, 0.05) is 36.4 Å². The van der Waals surface area contributed by atoms with E-state index in [4.69, 9.17) is 0 Å². The van der Waals surface area contributed by atoms with Gasteiger partial charge in [-0.15, -0.1) is 0 Å². The molecular formula is C18H12N6O12S2. The molecule has 0 saturated carbocycles. The Bertz CT molecular complexity index is 1600. The molecule has 0 spiro atoms. The van der Waals surface area contributed by atoms with Crippen molar-refractivity contribution in [1.82, 2.24) is 0 Å². The molecule has 3 rings (SSSR count). The van der Waals surface area contributed by atoms with Crippen molar-refractivity contribution in [2.24, 2.45) is 0 Å². The van der Waals surface area contributed by atoms with Crippen molar-refractivity contribution in [3.05, 3.63) is 101 Å². The predicted octanol–water partition coefficient (Wildman–Crippen LogP) is 2.92. The Hall–Kier alpha value is -5.24. The lowest BCUT2D eigenvalue weighted by Gasteiger charge is -2.12. The maximum atomic E-state index is 12.8. The minimum absolute atomic E-state index is 0.362. The molecule has 0 unspecified atom stereocenters. The van der Waals surface area contributed by atoms with Gasteiger partial charge in [0.25, 0.3) is 42.8 Å². The summed E-state index contributed by atoms with van der Waals surface area (Å²) in [5.74, 6) is 0. The largest absolute Gasteiger partial charge is 0.290 e. The maximum Gasteiger partial charge on any atom is 0.290 e. The highest BCUT2D eigenvalue weighted by atomic mass is 32.2. The third kappa shape index (κ3) is 5.76. The molecule has 198 valence electrons. The minimum Gasteiger partial charge on any atom is -0.279 e. The number of benzene rings is 3. The van der Waals surface area contributed by atoms with Crippen molar-refractivity contribution in [2.75, 3.05) is 9.44 Å². The molecule has 0 fully saturated rings. The first kappa shape index (κ1) is 27.3. The Labute approximate surface area is 211 Å². The van der Waals surface area contributed by atoms with E-state index in [1.54, 1.807) is 0 Å². The van der Waals surface area contributed by atoms with Crippen LogP contribution in [0.25, 0.3) is 0 Å². The standard InChI is InChI=1S/C18H12N6O12S2/c25-21(26)13-4-6-15(23(29)30)17(9-13)37(33,34)19-11-2-1-3-12(8-11)20-38(35,36)18-10-14(22(27)28)5-7-16(18)24(31)32/h1-10,19-20H. The molecule has 0 aromatic heterocycles. The van der Waals surface area contributed by atoms with Gasteiger partial charge < -0.3 is 0 Å². The molecule has 0 aliphatic rings. The van der Waals surface area contributed by atoms with Gasteiger partial charge in [0.15, 0.2) is 9.79 Å². The van der Waals surface area contributed by atoms with Gasteiger partial charge in [0.05, 0.1) is 31.1 Å². The second-order valence-corrected chi connectivity index (χ2v) is 10.4. The quantitative estimate of drug-likeness (QED) is 0.264. The smallest absolute Gasteiger partial charge is 0.279 e. The SMILES string of the molecule is O=[N+]([O-])c1ccc([N+](=O)[O-])c(S(=O)(=O)Nc2cccc(NS(=O)(=O)c3cc([N+](=O)[O-])ccc3[N+](=O)[O-])c2)c1. The number of hydrogen-bond donors (Lipinski definition) is 2. The Kier molecular flexibility index (Phi) is 7.21. The van der Waals surface area contributed by atoms with Crippen molar-refractivity contribution in [1.29, 1.82) is 0 Å². The number of anilines is 2. The Morgan fingerprint density at radius 1 is 0.526 bits per heavy atom. The van der Waals surface area contributed by atoms with Gasteiger partial charge in [-0.25, -0.2) is 16.8 Å². The Morgan fingerprint density at radius 2 is 0.895 bits per heavy atom. The third-order valence-electron chi connectivity index (χ3n) is 4.65. The fourth-order valence-corrected chi connectivity index (χ4v) is 5.51. The molecule has 2 N–H and O–H groups in total. The van der Waals surface area contributed by atoms with Gasteiger partial charge in [0.1, 0.15) is 0 Å². The average molecular weight is 568 g/mol. The van der Waals surface area contributed by atoms with Crippen molar-refractivity contribution in [3.63, 3.8) is 0 Å². The van der Waals surface area contributed by atoms with E-state index >= 15 is 0 Å². The number of nitrogens with one attached hydrogen (secondary N) is 2. The number of non-ortho nitro benzene ring substituents is 2. The molecule has 0 amide bonds. The molecule has 0 aliphatic carbocycles. The van der Waals surface area contributed by atoms with Crippen molar-refractivity contribution >= 4 is 54.2 Å². The van der Waals surface area contributed by atoms with Gasteiger partial charge >= 0.3 is 0 Å². The zero-order chi connectivity index (χ0) is 28.4. The van der Waals surface area contributed by atoms with Crippen molar-refractivity contribution in [2.45, 2.75) is 9.79 Å². The van der Waals surface area contributed by atoms with Gasteiger partial charge in [-0.2, -0.15) is 0 Å². The van der Waals surface area contributed by atoms with Crippen LogP contribution in [0.2, 0.25) is 0 Å². The van der Waals surface area contributed by atoms with Crippen LogP contribution in [0.3, 0.4) is 0 Å². The van der Waals surface area contributed by atoms with Gasteiger partial charge in [0.2, 0.25) is 0 Å². The molecule has 3 aromatic carbocycles. The van der Waals surface area contributed by atoms with Crippen LogP contribution >= 0.6 is 0 Å². The predicted molar refractivity (Wildman–Crippen MR) is 128 cm³/mol. The zero-order valence-electron chi connectivity index (χ0n) is 18.3. The lowest BCUT2D eigenvalue weighted by atomic mass is 10.3. The first-order valence-electron chi connectivity index (χ1n) is 9.64. The summed E-state index contributed by atoms with van der Waals surface area (Å²) in [6.07, 6.45) is 0. The van der Waals surface area contributed by atoms with Gasteiger partial charge in [-0.1, -0.05) is 6.07 Å². The first-order chi connectivity index (χ1) is 17.6. The van der Waals surface area contributed by atoms with E-state index in [0.29, 0.717) is 24.3 Å². The molecule has 0 saturated heterocycles. The van der Waals surface area contributed by atoms with Crippen LogP contribution in [0.5, 0.6) is 0 Å². The number of nitrogens with zero attached hydrogens (tertiary/aromatic N) is 4. The topological polar surface area (TPSA) is 265 Å². The van der Waals surface area contributed by atoms with Crippen molar-refractivity contribution < 1.29 is 36.5 Å². The monoisotopic (exact) mass is 568 g/mol. The summed E-state index contributed by atoms with van der Waals surface area (Å²) in [6, 6.07) is 7.90. The Balaban J connectivity index is 2.00. The molecule has 18 nitrogen and oxygen atoms in total. The summed E-state index contributed by atoms with van der Waals surface area (Å²) < 4.78 is 55.2. The van der Waals surface area contributed by atoms with Gasteiger partial charge in [-0.05, 0) is 18.2 Å². The van der Waals surface area contributed by atoms with E-state index in [1.165, 1.54) is 0 Å². The summed E-state index contributed by atoms with van der Waals surface area (Å²) in [7, 11) is -9.66. The third-order valence-corrected chi connectivity index (χ3v) is 7.47. The highest BCUT2D eigenvalue weighted by molar-refractivity contribution is 7.93. The van der Waals surface area contributed by atoms with Crippen LogP contribution in [0, 0.1) is 40.5 Å². The molecule has 20 heteroatoms. The molecule has 38 heavy (non-hydrogen) atoms. The molecular weight excluding hydrogens is 556 g/mol. The summed E-state index contributed by atoms with van der Waals surface area (Å²) in [5, 5.41) is 44.6. The minimum atomic E-state index is -4.83. The van der Waals surface area contributed by atoms with Crippen LogP contribution in [0.15, 0.2) is 70.5 Å². The van der Waals surface area contributed by atoms with Crippen LogP contribution in [-0.4, -0.2) is 36.5 Å². The van der Waals surface area contributed by atoms with Gasteiger partial charge in [-0.3, -0.25) is 49.9 Å². The summed E-state index contributed by atoms with van der Waals surface area (Å²) in [4.78, 5) is 38.4. The summed E-state index contributed by atoms with van der Waals surface area (Å²) in [6.45, 7) is 0. The number of nitro benzene ring substituents is 4. The van der Waals surface area contributed by atoms with E-state index in [2.05, 4.69) is 0 Å². The molecule has 0 bridgehead atoms. The highest BCUT2D eigenvalue weighted by Gasteiger charge is 2.30. The zero-order valence-corrected chi connectivity index (χ0v) is 19.9. The second kappa shape index (κ2) is 10.0. The van der Waals surface area contributed by atoms with E-state index in [9.17, 15) is 57.3 Å². The number of rotatable bonds is 10. The van der Waals surface area contributed by atoms with Crippen LogP contribution < -0.4 is 9.44 Å². The van der Waals surface area contributed by atoms with E-state index < -0.39 is 72.3 Å². The van der Waals surface area contributed by atoms with Crippen LogP contribution in [-0.2, 0) is 20.0 Å². The van der Waals surface area contributed by atoms with Crippen LogP contribution in [0.1, 0.15) is 0 Å². The normalized spacial score (nSPS) is 11.4. The lowest BCUT2D eigenvalue weighted by Crippen LogP contribution is -2.17. The maximum absolute atomic E-state index is 12.8. The first-order valence-corrected chi connectivity index (χ1v) is 12.6. The lowest BCUT2D eigenvalue weighted by molar-refractivity contribution is -0.391. The fraction of sp³-hybridized carbons (Fsp3) is 0. The number of sulfonamides is 2. The average Bonchev–Trinajstić information content (AvgIpc) is 2.82. The highest BCUT2D eigenvalue weighted by Crippen LogP contribution is 2.32. The van der Waals surface area contributed by atoms with Crippen LogP contribution in [0.4, 0.5) is 34.1 Å². The van der Waals surface area contributed by atoms with E-state index in [0.717, 1.165) is 36.4 Å². The summed E-state index contributed by atoms with van der Waals surface area (Å²) >= 11 is 0. The van der Waals surface area contributed by atoms with E-state index in [1.807, 2.05) is 9.44 Å². The number of nitro groups is 4. The number of hydrogen-bond acceptors (Lipinski definition) is 12. The Morgan fingerprint density at radius 3 is 1.21 bits per heavy atom. The van der Waals surface area contributed by atoms with E-state index in [-0.39, 0.29) is 11.4 Å².